The second-order valence-electron chi connectivity index (χ2n) is 4.33. The zero-order chi connectivity index (χ0) is 10.8. The summed E-state index contributed by atoms with van der Waals surface area (Å²) >= 11 is 2.30. The Morgan fingerprint density at radius 3 is 2.43 bits per heavy atom. The zero-order valence-corrected chi connectivity index (χ0v) is 11.4. The van der Waals surface area contributed by atoms with E-state index in [-0.39, 0.29) is 5.41 Å². The molecule has 1 nitrogen and oxygen atoms in total. The van der Waals surface area contributed by atoms with Crippen LogP contribution in [-0.4, -0.2) is 6.61 Å². The van der Waals surface area contributed by atoms with Crippen LogP contribution in [0.25, 0.3) is 0 Å². The van der Waals surface area contributed by atoms with E-state index in [1.807, 2.05) is 6.92 Å². The van der Waals surface area contributed by atoms with E-state index in [4.69, 9.17) is 4.74 Å². The summed E-state index contributed by atoms with van der Waals surface area (Å²) < 4.78 is 6.74. The Bertz CT molecular complexity index is 313. The topological polar surface area (TPSA) is 9.23 Å². The summed E-state index contributed by atoms with van der Waals surface area (Å²) in [7, 11) is 0. The molecule has 0 radical (unpaired) electrons. The van der Waals surface area contributed by atoms with Gasteiger partial charge in [-0.1, -0.05) is 26.8 Å². The van der Waals surface area contributed by atoms with Crippen LogP contribution in [0, 0.1) is 3.57 Å². The van der Waals surface area contributed by atoms with Crippen LogP contribution in [0.5, 0.6) is 5.75 Å². The first-order chi connectivity index (χ1) is 6.45. The molecule has 0 heterocycles. The average Bonchev–Trinajstić information content (AvgIpc) is 2.07. The van der Waals surface area contributed by atoms with Gasteiger partial charge < -0.3 is 4.74 Å². The van der Waals surface area contributed by atoms with Crippen molar-refractivity contribution in [2.75, 3.05) is 6.61 Å². The van der Waals surface area contributed by atoms with Crippen LogP contribution in [0.4, 0.5) is 0 Å². The molecule has 1 rings (SSSR count). The van der Waals surface area contributed by atoms with Crippen LogP contribution in [0.2, 0.25) is 0 Å². The molecule has 0 aliphatic heterocycles. The predicted molar refractivity (Wildman–Crippen MR) is 69.0 cm³/mol. The summed E-state index contributed by atoms with van der Waals surface area (Å²) in [5, 5.41) is 0. The highest BCUT2D eigenvalue weighted by atomic mass is 127. The Balaban J connectivity index is 3.06. The molecule has 0 atom stereocenters. The number of hydrogen-bond acceptors (Lipinski definition) is 1. The quantitative estimate of drug-likeness (QED) is 0.751. The minimum absolute atomic E-state index is 0.191. The van der Waals surface area contributed by atoms with Crippen LogP contribution >= 0.6 is 22.6 Å². The second-order valence-corrected chi connectivity index (χ2v) is 5.49. The highest BCUT2D eigenvalue weighted by Gasteiger charge is 2.15. The van der Waals surface area contributed by atoms with Crippen molar-refractivity contribution >= 4 is 22.6 Å². The summed E-state index contributed by atoms with van der Waals surface area (Å²) in [6.07, 6.45) is 0. The molecule has 0 N–H and O–H groups in total. The molecule has 14 heavy (non-hydrogen) atoms. The normalized spacial score (nSPS) is 11.5. The maximum absolute atomic E-state index is 5.56. The van der Waals surface area contributed by atoms with Gasteiger partial charge in [-0.15, -0.1) is 0 Å². The average molecular weight is 304 g/mol. The minimum Gasteiger partial charge on any atom is -0.493 e. The minimum atomic E-state index is 0.191. The van der Waals surface area contributed by atoms with Crippen molar-refractivity contribution in [3.8, 4) is 5.75 Å². The molecule has 2 heteroatoms. The standard InChI is InChI=1S/C12H17IO/c1-5-14-11-8-9(12(2,3)4)6-7-10(11)13/h6-8H,5H2,1-4H3. The summed E-state index contributed by atoms with van der Waals surface area (Å²) in [4.78, 5) is 0. The van der Waals surface area contributed by atoms with E-state index in [1.165, 1.54) is 9.13 Å². The lowest BCUT2D eigenvalue weighted by Gasteiger charge is -2.20. The maximum Gasteiger partial charge on any atom is 0.132 e. The van der Waals surface area contributed by atoms with E-state index in [0.717, 1.165) is 12.4 Å². The summed E-state index contributed by atoms with van der Waals surface area (Å²) in [5.41, 5.74) is 1.51. The first-order valence-electron chi connectivity index (χ1n) is 4.88. The first kappa shape index (κ1) is 11.8. The molecule has 0 spiro atoms. The number of benzene rings is 1. The molecule has 1 aromatic rings. The number of halogens is 1. The van der Waals surface area contributed by atoms with E-state index in [2.05, 4.69) is 61.6 Å². The van der Waals surface area contributed by atoms with Gasteiger partial charge in [-0.05, 0) is 52.6 Å². The van der Waals surface area contributed by atoms with Gasteiger partial charge in [0.2, 0.25) is 0 Å². The molecular formula is C12H17IO. The fourth-order valence-electron chi connectivity index (χ4n) is 1.24. The Kier molecular flexibility index (Phi) is 3.81. The van der Waals surface area contributed by atoms with Crippen LogP contribution in [0.15, 0.2) is 18.2 Å². The fraction of sp³-hybridized carbons (Fsp3) is 0.500. The molecule has 0 aliphatic carbocycles. The molecule has 78 valence electrons. The Morgan fingerprint density at radius 1 is 1.29 bits per heavy atom. The molecule has 1 aromatic carbocycles. The van der Waals surface area contributed by atoms with Crippen molar-refractivity contribution in [1.82, 2.24) is 0 Å². The van der Waals surface area contributed by atoms with Gasteiger partial charge in [0.1, 0.15) is 5.75 Å². The van der Waals surface area contributed by atoms with Gasteiger partial charge in [0, 0.05) is 0 Å². The Labute approximate surface area is 100.0 Å². The molecule has 0 saturated heterocycles. The van der Waals surface area contributed by atoms with Gasteiger partial charge in [0.15, 0.2) is 0 Å². The van der Waals surface area contributed by atoms with Gasteiger partial charge in [-0.25, -0.2) is 0 Å². The van der Waals surface area contributed by atoms with Crippen molar-refractivity contribution < 1.29 is 4.74 Å². The third-order valence-electron chi connectivity index (χ3n) is 2.10. The van der Waals surface area contributed by atoms with E-state index in [1.54, 1.807) is 0 Å². The van der Waals surface area contributed by atoms with Gasteiger partial charge in [0.05, 0.1) is 10.2 Å². The number of ether oxygens (including phenoxy) is 1. The maximum atomic E-state index is 5.56. The van der Waals surface area contributed by atoms with E-state index in [9.17, 15) is 0 Å². The SMILES string of the molecule is CCOc1cc(C(C)(C)C)ccc1I. The zero-order valence-electron chi connectivity index (χ0n) is 9.23. The molecule has 0 saturated carbocycles. The van der Waals surface area contributed by atoms with Gasteiger partial charge in [-0.3, -0.25) is 0 Å². The second kappa shape index (κ2) is 4.51. The molecule has 0 fully saturated rings. The van der Waals surface area contributed by atoms with Crippen molar-refractivity contribution in [2.45, 2.75) is 33.1 Å². The van der Waals surface area contributed by atoms with Crippen LogP contribution in [-0.2, 0) is 5.41 Å². The highest BCUT2D eigenvalue weighted by molar-refractivity contribution is 14.1. The van der Waals surface area contributed by atoms with Gasteiger partial charge in [0.25, 0.3) is 0 Å². The van der Waals surface area contributed by atoms with Crippen LogP contribution in [0.1, 0.15) is 33.3 Å². The van der Waals surface area contributed by atoms with E-state index >= 15 is 0 Å². The highest BCUT2D eigenvalue weighted by Crippen LogP contribution is 2.29. The smallest absolute Gasteiger partial charge is 0.132 e. The Hall–Kier alpha value is -0.250. The van der Waals surface area contributed by atoms with Gasteiger partial charge >= 0.3 is 0 Å². The first-order valence-corrected chi connectivity index (χ1v) is 5.96. The van der Waals surface area contributed by atoms with Gasteiger partial charge in [-0.2, -0.15) is 0 Å². The molecular weight excluding hydrogens is 287 g/mol. The van der Waals surface area contributed by atoms with E-state index < -0.39 is 0 Å². The van der Waals surface area contributed by atoms with Crippen molar-refractivity contribution in [3.05, 3.63) is 27.3 Å². The molecule has 0 aromatic heterocycles. The number of hydrogen-bond donors (Lipinski definition) is 0. The van der Waals surface area contributed by atoms with E-state index in [0.29, 0.717) is 0 Å². The fourth-order valence-corrected chi connectivity index (χ4v) is 1.73. The van der Waals surface area contributed by atoms with Crippen molar-refractivity contribution in [2.24, 2.45) is 0 Å². The largest absolute Gasteiger partial charge is 0.493 e. The summed E-state index contributed by atoms with van der Waals surface area (Å²) in [6, 6.07) is 6.43. The lowest BCUT2D eigenvalue weighted by molar-refractivity contribution is 0.336. The van der Waals surface area contributed by atoms with Crippen LogP contribution in [0.3, 0.4) is 0 Å². The molecule has 0 amide bonds. The van der Waals surface area contributed by atoms with Crippen molar-refractivity contribution in [3.63, 3.8) is 0 Å². The monoisotopic (exact) mass is 304 g/mol. The molecule has 0 unspecified atom stereocenters. The molecule has 0 aliphatic rings. The van der Waals surface area contributed by atoms with Crippen LogP contribution < -0.4 is 4.74 Å². The third kappa shape index (κ3) is 2.87. The summed E-state index contributed by atoms with van der Waals surface area (Å²) in [5.74, 6) is 1.00. The Morgan fingerprint density at radius 2 is 1.93 bits per heavy atom. The lowest BCUT2D eigenvalue weighted by Crippen LogP contribution is -2.11. The predicted octanol–water partition coefficient (Wildman–Crippen LogP) is 3.99. The number of rotatable bonds is 2. The third-order valence-corrected chi connectivity index (χ3v) is 2.99. The summed E-state index contributed by atoms with van der Waals surface area (Å²) in [6.45, 7) is 9.38. The van der Waals surface area contributed by atoms with Crippen molar-refractivity contribution in [1.29, 1.82) is 0 Å². The lowest BCUT2D eigenvalue weighted by atomic mass is 9.87. The molecule has 0 bridgehead atoms.